The van der Waals surface area contributed by atoms with Crippen molar-refractivity contribution in [1.82, 2.24) is 0 Å². The smallest absolute Gasteiger partial charge is 0.306 e. The summed E-state index contributed by atoms with van der Waals surface area (Å²) in [7, 11) is 0. The van der Waals surface area contributed by atoms with Crippen LogP contribution in [0.4, 0.5) is 0 Å². The predicted octanol–water partition coefficient (Wildman–Crippen LogP) is 9.58. The van der Waals surface area contributed by atoms with E-state index in [-0.39, 0.29) is 25.6 Å². The van der Waals surface area contributed by atoms with Gasteiger partial charge in [-0.15, -0.1) is 0 Å². The Morgan fingerprint density at radius 3 is 1.63 bits per heavy atom. The van der Waals surface area contributed by atoms with Gasteiger partial charge in [-0.05, 0) is 44.4 Å². The Hall–Kier alpha value is -2.74. The molecule has 0 aliphatic rings. The van der Waals surface area contributed by atoms with E-state index >= 15 is 0 Å². The summed E-state index contributed by atoms with van der Waals surface area (Å²) < 4.78 is 10.2. The lowest BCUT2D eigenvalue weighted by molar-refractivity contribution is -0.152. The Morgan fingerprint density at radius 2 is 1.08 bits per heavy atom. The number of esters is 2. The second kappa shape index (κ2) is 35.1. The van der Waals surface area contributed by atoms with Crippen LogP contribution >= 0.6 is 0 Å². The molecular weight excluding hydrogens is 616 g/mol. The van der Waals surface area contributed by atoms with Gasteiger partial charge < -0.3 is 24.8 Å². The quantitative estimate of drug-likeness (QED) is 0.0280. The first-order valence-electron chi connectivity index (χ1n) is 19.1. The van der Waals surface area contributed by atoms with Crippen molar-refractivity contribution >= 4 is 11.9 Å². The number of aliphatic hydroxyl groups is 3. The van der Waals surface area contributed by atoms with Crippen LogP contribution in [0.1, 0.15) is 143 Å². The molecule has 7 heteroatoms. The van der Waals surface area contributed by atoms with Crippen LogP contribution in [0, 0.1) is 5.92 Å². The highest BCUT2D eigenvalue weighted by atomic mass is 16.6. The molecule has 0 radical (unpaired) electrons. The Balaban J connectivity index is 3.74. The molecule has 0 bridgehead atoms. The number of carbonyl (C=O) groups excluding carboxylic acids is 2. The number of unbranched alkanes of at least 4 members (excludes halogenated alkanes) is 9. The summed E-state index contributed by atoms with van der Waals surface area (Å²) in [6, 6.07) is 0. The summed E-state index contributed by atoms with van der Waals surface area (Å²) in [5.41, 5.74) is 0. The monoisotopic (exact) mass is 687 g/mol. The third-order valence-corrected chi connectivity index (χ3v) is 8.18. The van der Waals surface area contributed by atoms with Crippen molar-refractivity contribution in [2.45, 2.75) is 161 Å². The standard InChI is InChI=1S/C42H70O7/c1-4-6-21-29-38(43)31-24-19-20-25-32-39(44)30-23-16-13-14-18-27-34-42(47)49-36-40(45)35-48-41(46)33-26-17-12-10-8-7-9-11-15-22-28-37(3)5-2/h6,14,16,18-21,23-25,31-32,37-40,43-45H,4-5,7-13,15,17,22,26-30,33-36H2,1-3H3/b18-14-,20-19-,21-6-,23-16-,31-24+,32-25+/t37?,38-,39+,40+/m1/s1. The molecule has 7 nitrogen and oxygen atoms in total. The molecule has 3 N–H and O–H groups in total. The van der Waals surface area contributed by atoms with Crippen LogP contribution in [0.2, 0.25) is 0 Å². The van der Waals surface area contributed by atoms with Gasteiger partial charge in [0.25, 0.3) is 0 Å². The third-order valence-electron chi connectivity index (χ3n) is 8.18. The molecule has 0 aliphatic carbocycles. The zero-order valence-corrected chi connectivity index (χ0v) is 31.1. The first-order valence-corrected chi connectivity index (χ1v) is 19.1. The Labute approximate surface area is 298 Å². The molecule has 0 amide bonds. The maximum Gasteiger partial charge on any atom is 0.306 e. The fourth-order valence-corrected chi connectivity index (χ4v) is 4.85. The number of ether oxygens (including phenoxy) is 2. The zero-order valence-electron chi connectivity index (χ0n) is 31.1. The largest absolute Gasteiger partial charge is 0.463 e. The van der Waals surface area contributed by atoms with Gasteiger partial charge in [0, 0.05) is 12.8 Å². The van der Waals surface area contributed by atoms with Gasteiger partial charge in [0.15, 0.2) is 0 Å². The van der Waals surface area contributed by atoms with Crippen LogP contribution in [0.25, 0.3) is 0 Å². The second-order valence-electron chi connectivity index (χ2n) is 13.0. The normalized spacial score (nSPS) is 15.0. The molecule has 0 heterocycles. The van der Waals surface area contributed by atoms with E-state index in [1.165, 1.54) is 57.8 Å². The Bertz CT molecular complexity index is 962. The highest BCUT2D eigenvalue weighted by Crippen LogP contribution is 2.15. The molecule has 0 spiro atoms. The summed E-state index contributed by atoms with van der Waals surface area (Å²) >= 11 is 0. The van der Waals surface area contributed by atoms with E-state index in [1.54, 1.807) is 24.3 Å². The van der Waals surface area contributed by atoms with Gasteiger partial charge in [0.1, 0.15) is 19.3 Å². The molecule has 0 saturated carbocycles. The van der Waals surface area contributed by atoms with E-state index in [0.717, 1.165) is 31.6 Å². The predicted molar refractivity (Wildman–Crippen MR) is 203 cm³/mol. The summed E-state index contributed by atoms with van der Waals surface area (Å²) in [4.78, 5) is 23.9. The molecule has 0 rings (SSSR count). The average molecular weight is 687 g/mol. The number of hydrogen-bond acceptors (Lipinski definition) is 7. The molecule has 1 unspecified atom stereocenters. The van der Waals surface area contributed by atoms with E-state index < -0.39 is 24.3 Å². The van der Waals surface area contributed by atoms with Crippen molar-refractivity contribution in [2.24, 2.45) is 5.92 Å². The van der Waals surface area contributed by atoms with Crippen molar-refractivity contribution in [3.8, 4) is 0 Å². The first kappa shape index (κ1) is 46.3. The summed E-state index contributed by atoms with van der Waals surface area (Å²) in [5, 5.41) is 29.8. The van der Waals surface area contributed by atoms with Gasteiger partial charge in [-0.25, -0.2) is 0 Å². The van der Waals surface area contributed by atoms with Crippen LogP contribution < -0.4 is 0 Å². The summed E-state index contributed by atoms with van der Waals surface area (Å²) in [5.74, 6) is 0.132. The molecule has 0 aliphatic heterocycles. The lowest BCUT2D eigenvalue weighted by atomic mass is 9.99. The minimum Gasteiger partial charge on any atom is -0.463 e. The zero-order chi connectivity index (χ0) is 36.2. The molecule has 0 saturated heterocycles. The van der Waals surface area contributed by atoms with Crippen molar-refractivity contribution in [2.75, 3.05) is 13.2 Å². The molecule has 49 heavy (non-hydrogen) atoms. The minimum atomic E-state index is -1.03. The maximum atomic E-state index is 11.9. The molecular formula is C42H70O7. The SMILES string of the molecule is CC/C=C\C[C@@H](O)/C=C/C=C\C=C\[C@@H](O)C/C=C\C/C=C\CCC(=O)OC[C@@H](O)COC(=O)CCCCCCCCCCCCC(C)CC. The second-order valence-corrected chi connectivity index (χ2v) is 13.0. The lowest BCUT2D eigenvalue weighted by Gasteiger charge is -2.12. The molecule has 4 atom stereocenters. The van der Waals surface area contributed by atoms with E-state index in [4.69, 9.17) is 9.47 Å². The van der Waals surface area contributed by atoms with Gasteiger partial charge in [-0.1, -0.05) is 164 Å². The molecule has 280 valence electrons. The summed E-state index contributed by atoms with van der Waals surface area (Å²) in [6.45, 7) is 6.30. The van der Waals surface area contributed by atoms with Gasteiger partial charge in [-0.3, -0.25) is 9.59 Å². The first-order chi connectivity index (χ1) is 23.8. The Morgan fingerprint density at radius 1 is 0.592 bits per heavy atom. The average Bonchev–Trinajstić information content (AvgIpc) is 3.09. The van der Waals surface area contributed by atoms with Crippen LogP contribution in [-0.2, 0) is 19.1 Å². The van der Waals surface area contributed by atoms with Gasteiger partial charge in [0.2, 0.25) is 0 Å². The Kier molecular flexibility index (Phi) is 33.1. The van der Waals surface area contributed by atoms with E-state index in [1.807, 2.05) is 48.6 Å². The molecule has 0 aromatic heterocycles. The van der Waals surface area contributed by atoms with Crippen LogP contribution in [0.15, 0.2) is 72.9 Å². The fourth-order valence-electron chi connectivity index (χ4n) is 4.85. The summed E-state index contributed by atoms with van der Waals surface area (Å²) in [6.07, 6.45) is 38.8. The van der Waals surface area contributed by atoms with E-state index in [9.17, 15) is 24.9 Å². The number of carbonyl (C=O) groups is 2. The van der Waals surface area contributed by atoms with Crippen molar-refractivity contribution in [3.05, 3.63) is 72.9 Å². The minimum absolute atomic E-state index is 0.170. The van der Waals surface area contributed by atoms with E-state index in [2.05, 4.69) is 20.8 Å². The van der Waals surface area contributed by atoms with Crippen molar-refractivity contribution in [1.29, 1.82) is 0 Å². The number of hydrogen-bond donors (Lipinski definition) is 3. The molecule has 0 aromatic rings. The van der Waals surface area contributed by atoms with E-state index in [0.29, 0.717) is 32.1 Å². The van der Waals surface area contributed by atoms with Crippen LogP contribution in [-0.4, -0.2) is 58.8 Å². The topological polar surface area (TPSA) is 113 Å². The van der Waals surface area contributed by atoms with Crippen LogP contribution in [0.5, 0.6) is 0 Å². The third kappa shape index (κ3) is 34.9. The lowest BCUT2D eigenvalue weighted by Crippen LogP contribution is -2.25. The van der Waals surface area contributed by atoms with Crippen molar-refractivity contribution < 1.29 is 34.4 Å². The molecule has 0 fully saturated rings. The van der Waals surface area contributed by atoms with Gasteiger partial charge in [0.05, 0.1) is 12.2 Å². The van der Waals surface area contributed by atoms with Crippen LogP contribution in [0.3, 0.4) is 0 Å². The highest BCUT2D eigenvalue weighted by molar-refractivity contribution is 5.70. The molecule has 0 aromatic carbocycles. The van der Waals surface area contributed by atoms with Crippen molar-refractivity contribution in [3.63, 3.8) is 0 Å². The number of aliphatic hydroxyl groups excluding tert-OH is 3. The van der Waals surface area contributed by atoms with Gasteiger partial charge >= 0.3 is 11.9 Å². The maximum absolute atomic E-state index is 11.9. The number of allylic oxidation sites excluding steroid dienone is 8. The number of rotatable bonds is 32. The fraction of sp³-hybridized carbons (Fsp3) is 0.667. The van der Waals surface area contributed by atoms with Gasteiger partial charge in [-0.2, -0.15) is 0 Å². The highest BCUT2D eigenvalue weighted by Gasteiger charge is 2.11.